The highest BCUT2D eigenvalue weighted by atomic mass is 16.5. The fourth-order valence-electron chi connectivity index (χ4n) is 4.16. The number of benzene rings is 1. The molecule has 2 aliphatic rings. The van der Waals surface area contributed by atoms with Crippen molar-refractivity contribution in [2.75, 3.05) is 7.11 Å². The monoisotopic (exact) mass is 332 g/mol. The van der Waals surface area contributed by atoms with Gasteiger partial charge in [0.25, 0.3) is 0 Å². The summed E-state index contributed by atoms with van der Waals surface area (Å²) in [5, 5.41) is 9.55. The molecule has 4 atom stereocenters. The minimum absolute atomic E-state index is 0.0445. The molecule has 2 fully saturated rings. The number of methoxy groups -OCH3 is 1. The molecule has 0 unspecified atom stereocenters. The molecular weight excluding hydrogens is 308 g/mol. The highest BCUT2D eigenvalue weighted by Gasteiger charge is 2.52. The van der Waals surface area contributed by atoms with E-state index < -0.39 is 11.9 Å². The topological polar surface area (TPSA) is 72.8 Å². The summed E-state index contributed by atoms with van der Waals surface area (Å²) >= 11 is 0. The number of ether oxygens (including phenoxy) is 2. The molecule has 1 N–H and O–H groups in total. The summed E-state index contributed by atoms with van der Waals surface area (Å²) in [6, 6.07) is 8.11. The number of carboxylic acid groups (broad SMARTS) is 1. The van der Waals surface area contributed by atoms with E-state index >= 15 is 0 Å². The number of carboxylic acids is 1. The van der Waals surface area contributed by atoms with Gasteiger partial charge in [-0.1, -0.05) is 24.3 Å². The van der Waals surface area contributed by atoms with Crippen molar-refractivity contribution < 1.29 is 24.2 Å². The van der Waals surface area contributed by atoms with Gasteiger partial charge < -0.3 is 14.6 Å². The molecule has 0 amide bonds. The van der Waals surface area contributed by atoms with E-state index in [1.54, 1.807) is 0 Å². The number of aryl methyl sites for hydroxylation is 1. The summed E-state index contributed by atoms with van der Waals surface area (Å²) in [6.07, 6.45) is 4.43. The summed E-state index contributed by atoms with van der Waals surface area (Å²) in [6.45, 7) is 0. The smallest absolute Gasteiger partial charge is 0.309 e. The molecular formula is C19H24O5. The third-order valence-corrected chi connectivity index (χ3v) is 5.34. The maximum absolute atomic E-state index is 11.6. The summed E-state index contributed by atoms with van der Waals surface area (Å²) in [5.41, 5.74) is 2.36. The van der Waals surface area contributed by atoms with Gasteiger partial charge in [-0.2, -0.15) is 0 Å². The van der Waals surface area contributed by atoms with Crippen molar-refractivity contribution in [2.45, 2.75) is 50.7 Å². The van der Waals surface area contributed by atoms with E-state index in [0.29, 0.717) is 6.42 Å². The molecule has 0 aromatic heterocycles. The third-order valence-electron chi connectivity index (χ3n) is 5.34. The molecule has 2 heterocycles. The van der Waals surface area contributed by atoms with Crippen LogP contribution in [0.15, 0.2) is 24.3 Å². The van der Waals surface area contributed by atoms with Gasteiger partial charge in [-0.25, -0.2) is 0 Å². The lowest BCUT2D eigenvalue weighted by molar-refractivity contribution is -0.145. The SMILES string of the molecule is COC(=O)CCCc1ccccc1C[C@@H]1[C@H](C(=O)O)[C@H]2CC[C@@H]1O2. The molecule has 0 aliphatic carbocycles. The zero-order chi connectivity index (χ0) is 17.1. The predicted molar refractivity (Wildman–Crippen MR) is 87.6 cm³/mol. The number of carbonyl (C=O) groups is 2. The van der Waals surface area contributed by atoms with E-state index in [-0.39, 0.29) is 24.1 Å². The van der Waals surface area contributed by atoms with E-state index in [9.17, 15) is 14.7 Å². The van der Waals surface area contributed by atoms with Gasteiger partial charge in [-0.05, 0) is 43.2 Å². The second-order valence-corrected chi connectivity index (χ2v) is 6.72. The number of hydrogen-bond donors (Lipinski definition) is 1. The molecule has 5 heteroatoms. The summed E-state index contributed by atoms with van der Waals surface area (Å²) in [4.78, 5) is 22.9. The zero-order valence-electron chi connectivity index (χ0n) is 13.9. The lowest BCUT2D eigenvalue weighted by Gasteiger charge is -2.25. The molecule has 5 nitrogen and oxygen atoms in total. The van der Waals surface area contributed by atoms with Crippen LogP contribution in [0, 0.1) is 11.8 Å². The van der Waals surface area contributed by atoms with Gasteiger partial charge >= 0.3 is 11.9 Å². The highest BCUT2D eigenvalue weighted by molar-refractivity contribution is 5.72. The quantitative estimate of drug-likeness (QED) is 0.777. The van der Waals surface area contributed by atoms with E-state index in [2.05, 4.69) is 16.9 Å². The van der Waals surface area contributed by atoms with Crippen LogP contribution in [-0.4, -0.2) is 36.4 Å². The minimum Gasteiger partial charge on any atom is -0.481 e. The number of esters is 1. The second kappa shape index (κ2) is 7.34. The second-order valence-electron chi connectivity index (χ2n) is 6.72. The van der Waals surface area contributed by atoms with Crippen molar-refractivity contribution in [3.8, 4) is 0 Å². The summed E-state index contributed by atoms with van der Waals surface area (Å²) in [7, 11) is 1.40. The average Bonchev–Trinajstić information content (AvgIpc) is 3.17. The number of hydrogen-bond acceptors (Lipinski definition) is 4. The molecule has 0 saturated carbocycles. The Labute approximate surface area is 142 Å². The van der Waals surface area contributed by atoms with Crippen LogP contribution >= 0.6 is 0 Å². The molecule has 2 bridgehead atoms. The van der Waals surface area contributed by atoms with Crippen LogP contribution in [0.1, 0.15) is 36.8 Å². The van der Waals surface area contributed by atoms with Gasteiger partial charge in [-0.15, -0.1) is 0 Å². The Hall–Kier alpha value is -1.88. The van der Waals surface area contributed by atoms with Gasteiger partial charge in [0.2, 0.25) is 0 Å². The first-order chi connectivity index (χ1) is 11.6. The Balaban J connectivity index is 1.68. The molecule has 2 saturated heterocycles. The van der Waals surface area contributed by atoms with E-state index in [1.807, 2.05) is 12.1 Å². The van der Waals surface area contributed by atoms with Crippen LogP contribution in [0.5, 0.6) is 0 Å². The summed E-state index contributed by atoms with van der Waals surface area (Å²) in [5.74, 6) is -1.29. The molecule has 24 heavy (non-hydrogen) atoms. The first kappa shape index (κ1) is 17.0. The zero-order valence-corrected chi connectivity index (χ0v) is 13.9. The van der Waals surface area contributed by atoms with Gasteiger partial charge in [0.05, 0.1) is 25.2 Å². The van der Waals surface area contributed by atoms with Gasteiger partial charge in [-0.3, -0.25) is 9.59 Å². The Morgan fingerprint density at radius 3 is 2.62 bits per heavy atom. The van der Waals surface area contributed by atoms with Crippen LogP contribution in [-0.2, 0) is 31.9 Å². The number of aliphatic carboxylic acids is 1. The minimum atomic E-state index is -0.740. The largest absolute Gasteiger partial charge is 0.481 e. The molecule has 0 radical (unpaired) electrons. The standard InChI is InChI=1S/C19H24O5/c1-23-17(20)8-4-7-12-5-2-3-6-13(12)11-14-15-9-10-16(24-15)18(14)19(21)22/h2-3,5-6,14-16,18H,4,7-11H2,1H3,(H,21,22)/t14-,15-,16+,18-/m0/s1. The Bertz CT molecular complexity index is 612. The fraction of sp³-hybridized carbons (Fsp3) is 0.579. The predicted octanol–water partition coefficient (Wildman–Crippen LogP) is 2.60. The van der Waals surface area contributed by atoms with Crippen LogP contribution in [0.25, 0.3) is 0 Å². The fourth-order valence-corrected chi connectivity index (χ4v) is 4.16. The molecule has 1 aromatic carbocycles. The Morgan fingerprint density at radius 1 is 1.21 bits per heavy atom. The van der Waals surface area contributed by atoms with Crippen molar-refractivity contribution >= 4 is 11.9 Å². The number of fused-ring (bicyclic) bond motifs is 2. The van der Waals surface area contributed by atoms with E-state index in [1.165, 1.54) is 18.2 Å². The van der Waals surface area contributed by atoms with Crippen molar-refractivity contribution in [3.05, 3.63) is 35.4 Å². The maximum atomic E-state index is 11.6. The average molecular weight is 332 g/mol. The number of carbonyl (C=O) groups excluding carboxylic acids is 1. The molecule has 2 aliphatic heterocycles. The van der Waals surface area contributed by atoms with Gasteiger partial charge in [0, 0.05) is 12.3 Å². The lowest BCUT2D eigenvalue weighted by atomic mass is 9.75. The van der Waals surface area contributed by atoms with E-state index in [4.69, 9.17) is 4.74 Å². The molecule has 0 spiro atoms. The van der Waals surface area contributed by atoms with Crippen LogP contribution in [0.2, 0.25) is 0 Å². The first-order valence-electron chi connectivity index (χ1n) is 8.62. The molecule has 130 valence electrons. The van der Waals surface area contributed by atoms with Crippen LogP contribution in [0.4, 0.5) is 0 Å². The van der Waals surface area contributed by atoms with Crippen molar-refractivity contribution in [2.24, 2.45) is 11.8 Å². The normalized spacial score (nSPS) is 28.0. The lowest BCUT2D eigenvalue weighted by Crippen LogP contribution is -2.34. The number of rotatable bonds is 7. The van der Waals surface area contributed by atoms with Gasteiger partial charge in [0.15, 0.2) is 0 Å². The van der Waals surface area contributed by atoms with Crippen molar-refractivity contribution in [3.63, 3.8) is 0 Å². The van der Waals surface area contributed by atoms with Crippen LogP contribution in [0.3, 0.4) is 0 Å². The van der Waals surface area contributed by atoms with Crippen molar-refractivity contribution in [1.82, 2.24) is 0 Å². The van der Waals surface area contributed by atoms with Crippen LogP contribution < -0.4 is 0 Å². The Kier molecular flexibility index (Phi) is 5.19. The highest BCUT2D eigenvalue weighted by Crippen LogP contribution is 2.45. The third kappa shape index (κ3) is 3.46. The molecule has 1 aromatic rings. The molecule has 3 rings (SSSR count). The first-order valence-corrected chi connectivity index (χ1v) is 8.62. The van der Waals surface area contributed by atoms with E-state index in [0.717, 1.165) is 32.1 Å². The Morgan fingerprint density at radius 2 is 1.92 bits per heavy atom. The van der Waals surface area contributed by atoms with Gasteiger partial charge in [0.1, 0.15) is 0 Å². The summed E-state index contributed by atoms with van der Waals surface area (Å²) < 4.78 is 10.5. The maximum Gasteiger partial charge on any atom is 0.309 e. The van der Waals surface area contributed by atoms with Crippen molar-refractivity contribution in [1.29, 1.82) is 0 Å².